The number of piperazine rings is 1. The SMILES string of the molecule is CCCC1NC(=O)C(C(C)C)N(C2CC2(C)C)C1=O. The van der Waals surface area contributed by atoms with E-state index in [-0.39, 0.29) is 41.3 Å². The molecule has 1 saturated heterocycles. The van der Waals surface area contributed by atoms with Crippen LogP contribution >= 0.6 is 0 Å². The molecule has 0 bridgehead atoms. The van der Waals surface area contributed by atoms with Crippen molar-refractivity contribution in [3.63, 3.8) is 0 Å². The number of carbonyl (C=O) groups is 2. The normalized spacial score (nSPS) is 33.6. The summed E-state index contributed by atoms with van der Waals surface area (Å²) < 4.78 is 0. The van der Waals surface area contributed by atoms with Crippen molar-refractivity contribution in [2.45, 2.75) is 72.0 Å². The van der Waals surface area contributed by atoms with Gasteiger partial charge in [-0.3, -0.25) is 9.59 Å². The van der Waals surface area contributed by atoms with Crippen LogP contribution in [0.25, 0.3) is 0 Å². The van der Waals surface area contributed by atoms with Crippen molar-refractivity contribution in [2.24, 2.45) is 11.3 Å². The average molecular weight is 266 g/mol. The first-order valence-electron chi connectivity index (χ1n) is 7.42. The van der Waals surface area contributed by atoms with Crippen molar-refractivity contribution in [3.05, 3.63) is 0 Å². The summed E-state index contributed by atoms with van der Waals surface area (Å²) in [6.07, 6.45) is 2.65. The summed E-state index contributed by atoms with van der Waals surface area (Å²) in [6.45, 7) is 10.4. The molecule has 0 aromatic rings. The Hall–Kier alpha value is -1.06. The average Bonchev–Trinajstić information content (AvgIpc) is 2.91. The van der Waals surface area contributed by atoms with Gasteiger partial charge in [-0.25, -0.2) is 0 Å². The number of carbonyl (C=O) groups excluding carboxylic acids is 2. The molecule has 1 aliphatic carbocycles. The smallest absolute Gasteiger partial charge is 0.246 e. The van der Waals surface area contributed by atoms with E-state index in [0.717, 1.165) is 19.3 Å². The fraction of sp³-hybridized carbons (Fsp3) is 0.867. The molecule has 2 amide bonds. The van der Waals surface area contributed by atoms with E-state index in [4.69, 9.17) is 0 Å². The zero-order valence-electron chi connectivity index (χ0n) is 12.7. The van der Waals surface area contributed by atoms with Crippen molar-refractivity contribution >= 4 is 11.8 Å². The topological polar surface area (TPSA) is 49.4 Å². The molecule has 0 radical (unpaired) electrons. The van der Waals surface area contributed by atoms with Crippen LogP contribution in [0.3, 0.4) is 0 Å². The van der Waals surface area contributed by atoms with E-state index in [0.29, 0.717) is 0 Å². The van der Waals surface area contributed by atoms with Gasteiger partial charge in [0.1, 0.15) is 12.1 Å². The van der Waals surface area contributed by atoms with Crippen molar-refractivity contribution in [1.82, 2.24) is 10.2 Å². The molecule has 0 aromatic heterocycles. The predicted molar refractivity (Wildman–Crippen MR) is 74.5 cm³/mol. The molecule has 108 valence electrons. The minimum atomic E-state index is -0.316. The van der Waals surface area contributed by atoms with Crippen LogP contribution in [-0.2, 0) is 9.59 Å². The van der Waals surface area contributed by atoms with Gasteiger partial charge in [-0.2, -0.15) is 0 Å². The van der Waals surface area contributed by atoms with Gasteiger partial charge >= 0.3 is 0 Å². The number of hydrogen-bond donors (Lipinski definition) is 1. The Morgan fingerprint density at radius 1 is 1.37 bits per heavy atom. The highest BCUT2D eigenvalue weighted by molar-refractivity contribution is 5.97. The molecule has 1 N–H and O–H groups in total. The first kappa shape index (κ1) is 14.4. The quantitative estimate of drug-likeness (QED) is 0.845. The maximum Gasteiger partial charge on any atom is 0.246 e. The predicted octanol–water partition coefficient (Wildman–Crippen LogP) is 1.94. The lowest BCUT2D eigenvalue weighted by Gasteiger charge is -2.42. The molecule has 4 nitrogen and oxygen atoms in total. The zero-order chi connectivity index (χ0) is 14.4. The summed E-state index contributed by atoms with van der Waals surface area (Å²) in [5.41, 5.74) is 0.164. The third-order valence-corrected chi connectivity index (χ3v) is 4.44. The fourth-order valence-corrected chi connectivity index (χ4v) is 3.13. The van der Waals surface area contributed by atoms with Crippen LogP contribution in [0.2, 0.25) is 0 Å². The van der Waals surface area contributed by atoms with E-state index in [1.54, 1.807) is 0 Å². The first-order chi connectivity index (χ1) is 8.79. The molecule has 0 spiro atoms. The minimum Gasteiger partial charge on any atom is -0.342 e. The van der Waals surface area contributed by atoms with E-state index < -0.39 is 0 Å². The van der Waals surface area contributed by atoms with Crippen LogP contribution in [-0.4, -0.2) is 34.8 Å². The molecular formula is C15H26N2O2. The van der Waals surface area contributed by atoms with Crippen LogP contribution in [0, 0.1) is 11.3 Å². The Morgan fingerprint density at radius 2 is 1.95 bits per heavy atom. The number of nitrogens with one attached hydrogen (secondary N) is 1. The van der Waals surface area contributed by atoms with Crippen molar-refractivity contribution in [2.75, 3.05) is 0 Å². The highest BCUT2D eigenvalue weighted by atomic mass is 16.2. The third kappa shape index (κ3) is 2.49. The largest absolute Gasteiger partial charge is 0.342 e. The van der Waals surface area contributed by atoms with Crippen LogP contribution in [0.15, 0.2) is 0 Å². The summed E-state index contributed by atoms with van der Waals surface area (Å²) in [5.74, 6) is 0.300. The number of amides is 2. The van der Waals surface area contributed by atoms with Gasteiger partial charge in [0.25, 0.3) is 0 Å². The lowest BCUT2D eigenvalue weighted by molar-refractivity contribution is -0.152. The number of hydrogen-bond acceptors (Lipinski definition) is 2. The molecule has 2 rings (SSSR count). The molecule has 19 heavy (non-hydrogen) atoms. The Labute approximate surface area is 115 Å². The summed E-state index contributed by atoms with van der Waals surface area (Å²) in [7, 11) is 0. The van der Waals surface area contributed by atoms with Crippen LogP contribution in [0.1, 0.15) is 53.9 Å². The van der Waals surface area contributed by atoms with E-state index in [2.05, 4.69) is 19.2 Å². The second kappa shape index (κ2) is 4.80. The van der Waals surface area contributed by atoms with E-state index in [1.807, 2.05) is 25.7 Å². The van der Waals surface area contributed by atoms with E-state index in [9.17, 15) is 9.59 Å². The molecule has 0 aromatic carbocycles. The fourth-order valence-electron chi connectivity index (χ4n) is 3.13. The van der Waals surface area contributed by atoms with Crippen molar-refractivity contribution in [3.8, 4) is 0 Å². The molecule has 1 aliphatic heterocycles. The maximum absolute atomic E-state index is 12.7. The molecule has 2 fully saturated rings. The van der Waals surface area contributed by atoms with Gasteiger partial charge in [0, 0.05) is 6.04 Å². The first-order valence-corrected chi connectivity index (χ1v) is 7.42. The third-order valence-electron chi connectivity index (χ3n) is 4.44. The lowest BCUT2D eigenvalue weighted by atomic mass is 9.94. The van der Waals surface area contributed by atoms with E-state index >= 15 is 0 Å². The van der Waals surface area contributed by atoms with Crippen LogP contribution in [0.4, 0.5) is 0 Å². The Morgan fingerprint density at radius 3 is 2.37 bits per heavy atom. The van der Waals surface area contributed by atoms with Crippen molar-refractivity contribution < 1.29 is 9.59 Å². The van der Waals surface area contributed by atoms with Crippen LogP contribution in [0.5, 0.6) is 0 Å². The van der Waals surface area contributed by atoms with Gasteiger partial charge in [0.05, 0.1) is 0 Å². The highest BCUT2D eigenvalue weighted by Crippen LogP contribution is 2.50. The molecule has 4 heteroatoms. The van der Waals surface area contributed by atoms with E-state index in [1.165, 1.54) is 0 Å². The molecule has 2 aliphatic rings. The second-order valence-electron chi connectivity index (χ2n) is 6.99. The summed E-state index contributed by atoms with van der Waals surface area (Å²) >= 11 is 0. The monoisotopic (exact) mass is 266 g/mol. The summed E-state index contributed by atoms with van der Waals surface area (Å²) in [5, 5.41) is 2.91. The lowest BCUT2D eigenvalue weighted by Crippen LogP contribution is -2.65. The Bertz CT molecular complexity index is 390. The number of nitrogens with zero attached hydrogens (tertiary/aromatic N) is 1. The van der Waals surface area contributed by atoms with Gasteiger partial charge < -0.3 is 10.2 Å². The number of rotatable bonds is 4. The standard InChI is InChI=1S/C15H26N2O2/c1-6-7-10-14(19)17(11-8-15(11,4)5)12(9(2)3)13(18)16-10/h9-12H,6-8H2,1-5H3,(H,16,18). The van der Waals surface area contributed by atoms with Gasteiger partial charge in [0.15, 0.2) is 0 Å². The summed E-state index contributed by atoms with van der Waals surface area (Å²) in [6, 6.07) is -0.380. The molecule has 1 saturated carbocycles. The Balaban J connectivity index is 2.26. The van der Waals surface area contributed by atoms with Gasteiger partial charge in [-0.05, 0) is 24.2 Å². The zero-order valence-corrected chi connectivity index (χ0v) is 12.7. The van der Waals surface area contributed by atoms with Gasteiger partial charge in [-0.1, -0.05) is 41.0 Å². The summed E-state index contributed by atoms with van der Waals surface area (Å²) in [4.78, 5) is 26.9. The minimum absolute atomic E-state index is 0.0238. The second-order valence-corrected chi connectivity index (χ2v) is 6.99. The van der Waals surface area contributed by atoms with Crippen LogP contribution < -0.4 is 5.32 Å². The molecule has 3 atom stereocenters. The maximum atomic E-state index is 12.7. The molecular weight excluding hydrogens is 240 g/mol. The highest BCUT2D eigenvalue weighted by Gasteiger charge is 2.56. The van der Waals surface area contributed by atoms with Crippen molar-refractivity contribution in [1.29, 1.82) is 0 Å². The van der Waals surface area contributed by atoms with Gasteiger partial charge in [-0.15, -0.1) is 0 Å². The van der Waals surface area contributed by atoms with Gasteiger partial charge in [0.2, 0.25) is 11.8 Å². The Kier molecular flexibility index (Phi) is 3.63. The molecule has 1 heterocycles. The molecule has 3 unspecified atom stereocenters.